The molecule has 0 amide bonds. The third-order valence-electron chi connectivity index (χ3n) is 3.89. The summed E-state index contributed by atoms with van der Waals surface area (Å²) >= 11 is -2.08. The van der Waals surface area contributed by atoms with Gasteiger partial charge in [-0.25, -0.2) is 9.97 Å². The zero-order valence-corrected chi connectivity index (χ0v) is 15.6. The van der Waals surface area contributed by atoms with E-state index in [1.807, 2.05) is 72.8 Å². The third-order valence-corrected chi connectivity index (χ3v) is 4.51. The highest BCUT2D eigenvalue weighted by atomic mass is 32.2. The first kappa shape index (κ1) is 17.9. The molecular weight excluding hydrogens is 372 g/mol. The van der Waals surface area contributed by atoms with E-state index in [0.29, 0.717) is 0 Å². The fourth-order valence-electron chi connectivity index (χ4n) is 2.62. The van der Waals surface area contributed by atoms with E-state index in [1.54, 1.807) is 24.3 Å². The van der Waals surface area contributed by atoms with E-state index in [2.05, 4.69) is 9.97 Å². The van der Waals surface area contributed by atoms with Crippen molar-refractivity contribution in [2.24, 2.45) is 0 Å². The van der Waals surface area contributed by atoms with Crippen LogP contribution in [0.2, 0.25) is 0 Å². The molecule has 2 heterocycles. The second-order valence-corrected chi connectivity index (χ2v) is 6.57. The van der Waals surface area contributed by atoms with Crippen molar-refractivity contribution >= 4 is 11.4 Å². The molecule has 4 aromatic rings. The standard InChI is InChI=1S/C22H16N2O3S/c25-28(26-21-15-7-13-19(23-21)17-9-3-1-4-10-17)27-22-16-8-14-20(24-22)18-11-5-2-6-12-18/h1-16H. The first-order chi connectivity index (χ1) is 13.8. The summed E-state index contributed by atoms with van der Waals surface area (Å²) in [6, 6.07) is 29.9. The lowest BCUT2D eigenvalue weighted by Crippen LogP contribution is -2.10. The van der Waals surface area contributed by atoms with Crippen molar-refractivity contribution in [2.75, 3.05) is 0 Å². The van der Waals surface area contributed by atoms with Crippen LogP contribution in [0.5, 0.6) is 11.8 Å². The van der Waals surface area contributed by atoms with Crippen LogP contribution in [-0.4, -0.2) is 14.2 Å². The summed E-state index contributed by atoms with van der Waals surface area (Å²) in [4.78, 5) is 8.75. The number of benzene rings is 2. The van der Waals surface area contributed by atoms with Crippen LogP contribution in [0, 0.1) is 0 Å². The molecule has 2 aromatic heterocycles. The second kappa shape index (κ2) is 8.45. The second-order valence-electron chi connectivity index (χ2n) is 5.82. The van der Waals surface area contributed by atoms with Crippen LogP contribution in [0.15, 0.2) is 97.1 Å². The van der Waals surface area contributed by atoms with E-state index in [1.165, 1.54) is 0 Å². The number of nitrogens with zero attached hydrogens (tertiary/aromatic N) is 2. The minimum Gasteiger partial charge on any atom is -0.350 e. The van der Waals surface area contributed by atoms with Crippen molar-refractivity contribution in [1.82, 2.24) is 9.97 Å². The molecule has 138 valence electrons. The zero-order chi connectivity index (χ0) is 19.2. The van der Waals surface area contributed by atoms with E-state index in [-0.39, 0.29) is 11.8 Å². The molecule has 0 saturated heterocycles. The highest BCUT2D eigenvalue weighted by Crippen LogP contribution is 2.22. The molecule has 0 N–H and O–H groups in total. The van der Waals surface area contributed by atoms with Crippen molar-refractivity contribution < 1.29 is 12.6 Å². The molecule has 2 aromatic carbocycles. The van der Waals surface area contributed by atoms with Gasteiger partial charge in [-0.2, -0.15) is 4.21 Å². The number of hydrogen-bond acceptors (Lipinski definition) is 5. The van der Waals surface area contributed by atoms with Gasteiger partial charge in [0, 0.05) is 23.3 Å². The highest BCUT2D eigenvalue weighted by molar-refractivity contribution is 7.75. The summed E-state index contributed by atoms with van der Waals surface area (Å²) in [6.45, 7) is 0. The molecule has 0 radical (unpaired) electrons. The maximum absolute atomic E-state index is 12.3. The summed E-state index contributed by atoms with van der Waals surface area (Å²) < 4.78 is 22.9. The minimum absolute atomic E-state index is 0.207. The molecule has 0 atom stereocenters. The molecule has 4 rings (SSSR count). The highest BCUT2D eigenvalue weighted by Gasteiger charge is 2.10. The summed E-state index contributed by atoms with van der Waals surface area (Å²) in [5, 5.41) is 0. The lowest BCUT2D eigenvalue weighted by molar-refractivity contribution is 0.446. The molecule has 0 bridgehead atoms. The third kappa shape index (κ3) is 4.42. The Morgan fingerprint density at radius 3 is 1.39 bits per heavy atom. The summed E-state index contributed by atoms with van der Waals surface area (Å²) in [6.07, 6.45) is 0. The lowest BCUT2D eigenvalue weighted by Gasteiger charge is -2.07. The lowest BCUT2D eigenvalue weighted by atomic mass is 10.1. The summed E-state index contributed by atoms with van der Waals surface area (Å²) in [5.41, 5.74) is 3.33. The first-order valence-electron chi connectivity index (χ1n) is 8.61. The predicted octanol–water partition coefficient (Wildman–Crippen LogP) is 4.85. The Morgan fingerprint density at radius 1 is 0.536 bits per heavy atom. The quantitative estimate of drug-likeness (QED) is 0.473. The normalized spacial score (nSPS) is 10.6. The first-order valence-corrected chi connectivity index (χ1v) is 9.61. The SMILES string of the molecule is O=S(Oc1cccc(-c2ccccc2)n1)Oc1cccc(-c2ccccc2)n1. The average Bonchev–Trinajstić information content (AvgIpc) is 2.75. The van der Waals surface area contributed by atoms with Crippen molar-refractivity contribution in [3.63, 3.8) is 0 Å². The maximum Gasteiger partial charge on any atom is 0.420 e. The minimum atomic E-state index is -2.08. The van der Waals surface area contributed by atoms with Crippen LogP contribution in [0.3, 0.4) is 0 Å². The Hall–Kier alpha value is -3.51. The van der Waals surface area contributed by atoms with Crippen LogP contribution in [0.1, 0.15) is 0 Å². The Bertz CT molecular complexity index is 1000. The fraction of sp³-hybridized carbons (Fsp3) is 0. The summed E-state index contributed by atoms with van der Waals surface area (Å²) in [7, 11) is 0. The molecule has 5 nitrogen and oxygen atoms in total. The molecule has 0 aliphatic rings. The molecule has 0 unspecified atom stereocenters. The molecular formula is C22H16N2O3S. The van der Waals surface area contributed by atoms with Crippen LogP contribution in [-0.2, 0) is 11.4 Å². The van der Waals surface area contributed by atoms with Gasteiger partial charge in [-0.15, -0.1) is 0 Å². The molecule has 0 spiro atoms. The van der Waals surface area contributed by atoms with Gasteiger partial charge >= 0.3 is 11.4 Å². The van der Waals surface area contributed by atoms with E-state index in [9.17, 15) is 4.21 Å². The van der Waals surface area contributed by atoms with E-state index in [4.69, 9.17) is 8.37 Å². The molecule has 0 fully saturated rings. The van der Waals surface area contributed by atoms with Gasteiger partial charge in [0.05, 0.1) is 11.4 Å². The van der Waals surface area contributed by atoms with Crippen LogP contribution >= 0.6 is 0 Å². The monoisotopic (exact) mass is 388 g/mol. The van der Waals surface area contributed by atoms with E-state index in [0.717, 1.165) is 22.5 Å². The average molecular weight is 388 g/mol. The van der Waals surface area contributed by atoms with Gasteiger partial charge in [0.1, 0.15) is 0 Å². The van der Waals surface area contributed by atoms with Crippen LogP contribution < -0.4 is 8.37 Å². The number of aromatic nitrogens is 2. The fourth-order valence-corrected chi connectivity index (χ4v) is 3.12. The van der Waals surface area contributed by atoms with Gasteiger partial charge in [-0.05, 0) is 12.1 Å². The van der Waals surface area contributed by atoms with Gasteiger partial charge in [-0.3, -0.25) is 0 Å². The molecule has 0 saturated carbocycles. The van der Waals surface area contributed by atoms with Crippen LogP contribution in [0.25, 0.3) is 22.5 Å². The Morgan fingerprint density at radius 2 is 0.964 bits per heavy atom. The molecule has 6 heteroatoms. The van der Waals surface area contributed by atoms with Crippen molar-refractivity contribution in [1.29, 1.82) is 0 Å². The number of hydrogen-bond donors (Lipinski definition) is 0. The largest absolute Gasteiger partial charge is 0.420 e. The summed E-state index contributed by atoms with van der Waals surface area (Å²) in [5.74, 6) is 0.415. The van der Waals surface area contributed by atoms with Crippen molar-refractivity contribution in [3.8, 4) is 34.3 Å². The Labute approximate surface area is 165 Å². The van der Waals surface area contributed by atoms with Gasteiger partial charge in [0.25, 0.3) is 0 Å². The molecule has 28 heavy (non-hydrogen) atoms. The topological polar surface area (TPSA) is 61.3 Å². The van der Waals surface area contributed by atoms with E-state index < -0.39 is 11.4 Å². The zero-order valence-electron chi connectivity index (χ0n) is 14.8. The maximum atomic E-state index is 12.3. The van der Waals surface area contributed by atoms with Gasteiger partial charge in [0.15, 0.2) is 0 Å². The van der Waals surface area contributed by atoms with Gasteiger partial charge in [0.2, 0.25) is 11.8 Å². The molecule has 0 aliphatic heterocycles. The number of rotatable bonds is 6. The predicted molar refractivity (Wildman–Crippen MR) is 109 cm³/mol. The molecule has 0 aliphatic carbocycles. The van der Waals surface area contributed by atoms with Crippen molar-refractivity contribution in [3.05, 3.63) is 97.1 Å². The van der Waals surface area contributed by atoms with Crippen molar-refractivity contribution in [2.45, 2.75) is 0 Å². The van der Waals surface area contributed by atoms with Gasteiger partial charge < -0.3 is 8.37 Å². The van der Waals surface area contributed by atoms with Gasteiger partial charge in [-0.1, -0.05) is 72.8 Å². The Kier molecular flexibility index (Phi) is 5.40. The van der Waals surface area contributed by atoms with E-state index >= 15 is 0 Å². The number of pyridine rings is 2. The smallest absolute Gasteiger partial charge is 0.350 e. The Balaban J connectivity index is 1.47. The van der Waals surface area contributed by atoms with Crippen LogP contribution in [0.4, 0.5) is 0 Å².